The minimum absolute atomic E-state index is 0.131. The Bertz CT molecular complexity index is 1110. The van der Waals surface area contributed by atoms with Crippen LogP contribution in [0.25, 0.3) is 0 Å². The predicted octanol–water partition coefficient (Wildman–Crippen LogP) is 3.48. The summed E-state index contributed by atoms with van der Waals surface area (Å²) >= 11 is 2.50. The summed E-state index contributed by atoms with van der Waals surface area (Å²) < 4.78 is 5.01. The molecular formula is C22H22N2O5S2. The van der Waals surface area contributed by atoms with Crippen LogP contribution < -0.4 is 9.77 Å². The molecule has 5 rings (SSSR count). The Morgan fingerprint density at radius 2 is 1.84 bits per heavy atom. The Kier molecular flexibility index (Phi) is 5.05. The summed E-state index contributed by atoms with van der Waals surface area (Å²) in [5.74, 6) is -1.38. The van der Waals surface area contributed by atoms with Crippen molar-refractivity contribution in [1.82, 2.24) is 4.98 Å². The van der Waals surface area contributed by atoms with E-state index in [0.717, 1.165) is 42.0 Å². The van der Waals surface area contributed by atoms with E-state index < -0.39 is 22.6 Å². The molecule has 1 spiro atoms. The number of esters is 1. The molecule has 1 N–H and O–H groups in total. The number of rotatable bonds is 3. The van der Waals surface area contributed by atoms with Crippen LogP contribution in [0, 0.1) is 5.92 Å². The van der Waals surface area contributed by atoms with Gasteiger partial charge in [0.2, 0.25) is 11.8 Å². The minimum Gasteiger partial charge on any atom is -0.462 e. The zero-order valence-corrected chi connectivity index (χ0v) is 18.6. The summed E-state index contributed by atoms with van der Waals surface area (Å²) in [7, 11) is 0. The van der Waals surface area contributed by atoms with Gasteiger partial charge in [0.25, 0.3) is 0 Å². The number of fused-ring (bicyclic) bond motifs is 4. The molecule has 1 aliphatic carbocycles. The standard InChI is InChI=1S/C22H22N2O5S2/c1-2-29-20(27)12-6-8-13(9-7-12)24-18(25)14-15(19(24)26)30-17-16(31-21(28)23-17)22(14)10-4-3-5-11-22/h6-9,14-15H,2-5,10-11H2,1H3,(H,23,28)/t14-,15-/m0/s1. The number of nitrogens with zero attached hydrogens (tertiary/aromatic N) is 1. The van der Waals surface area contributed by atoms with E-state index in [9.17, 15) is 19.2 Å². The van der Waals surface area contributed by atoms with Gasteiger partial charge in [-0.15, -0.1) is 0 Å². The number of imide groups is 1. The number of thioether (sulfide) groups is 1. The van der Waals surface area contributed by atoms with Crippen LogP contribution in [0.5, 0.6) is 0 Å². The molecule has 0 radical (unpaired) electrons. The largest absolute Gasteiger partial charge is 0.462 e. The lowest BCUT2D eigenvalue weighted by atomic mass is 9.64. The number of carbonyl (C=O) groups excluding carboxylic acids is 3. The molecule has 7 nitrogen and oxygen atoms in total. The number of ether oxygens (including phenoxy) is 1. The summed E-state index contributed by atoms with van der Waals surface area (Å²) in [6.45, 7) is 2.01. The zero-order chi connectivity index (χ0) is 21.8. The van der Waals surface area contributed by atoms with Gasteiger partial charge < -0.3 is 9.72 Å². The lowest BCUT2D eigenvalue weighted by Gasteiger charge is -2.44. The quantitative estimate of drug-likeness (QED) is 0.559. The molecule has 3 aliphatic rings. The number of aromatic amines is 1. The smallest absolute Gasteiger partial charge is 0.338 e. The van der Waals surface area contributed by atoms with Crippen molar-refractivity contribution >= 4 is 46.6 Å². The molecule has 2 amide bonds. The SMILES string of the molecule is CCOC(=O)c1ccc(N2C(=O)[C@H]3Sc4[nH]c(=O)sc4C4(CCCCC4)[C@@H]3C2=O)cc1. The molecule has 162 valence electrons. The van der Waals surface area contributed by atoms with Crippen LogP contribution in [0.3, 0.4) is 0 Å². The van der Waals surface area contributed by atoms with Crippen molar-refractivity contribution in [3.63, 3.8) is 0 Å². The van der Waals surface area contributed by atoms with E-state index in [4.69, 9.17) is 4.74 Å². The number of hydrogen-bond donors (Lipinski definition) is 1. The first kappa shape index (κ1) is 20.5. The van der Waals surface area contributed by atoms with Crippen molar-refractivity contribution in [1.29, 1.82) is 0 Å². The van der Waals surface area contributed by atoms with Crippen LogP contribution in [0.15, 0.2) is 34.1 Å². The molecule has 0 bridgehead atoms. The third kappa shape index (κ3) is 3.09. The third-order valence-electron chi connectivity index (χ3n) is 6.54. The minimum atomic E-state index is -0.548. The fourth-order valence-corrected chi connectivity index (χ4v) is 8.01. The highest BCUT2D eigenvalue weighted by atomic mass is 32.2. The van der Waals surface area contributed by atoms with Crippen molar-refractivity contribution < 1.29 is 19.1 Å². The fourth-order valence-electron chi connectivity index (χ4n) is 5.22. The maximum absolute atomic E-state index is 13.7. The topological polar surface area (TPSA) is 96.5 Å². The maximum atomic E-state index is 13.7. The van der Waals surface area contributed by atoms with Gasteiger partial charge in [-0.3, -0.25) is 14.4 Å². The van der Waals surface area contributed by atoms with Crippen molar-refractivity contribution in [2.45, 2.75) is 54.7 Å². The summed E-state index contributed by atoms with van der Waals surface area (Å²) in [4.78, 5) is 56.1. The second-order valence-corrected chi connectivity index (χ2v) is 10.3. The Balaban J connectivity index is 1.53. The van der Waals surface area contributed by atoms with Crippen LogP contribution in [0.4, 0.5) is 5.69 Å². The van der Waals surface area contributed by atoms with E-state index in [1.54, 1.807) is 31.2 Å². The Morgan fingerprint density at radius 1 is 1.13 bits per heavy atom. The number of thiazole rings is 1. The first-order valence-electron chi connectivity index (χ1n) is 10.5. The van der Waals surface area contributed by atoms with E-state index >= 15 is 0 Å². The van der Waals surface area contributed by atoms with Gasteiger partial charge >= 0.3 is 10.8 Å². The number of hydrogen-bond acceptors (Lipinski definition) is 7. The summed E-state index contributed by atoms with van der Waals surface area (Å²) in [5.41, 5.74) is 0.375. The number of nitrogens with one attached hydrogen (secondary N) is 1. The van der Waals surface area contributed by atoms with E-state index in [1.165, 1.54) is 28.0 Å². The summed E-state index contributed by atoms with van der Waals surface area (Å²) in [6, 6.07) is 6.39. The van der Waals surface area contributed by atoms with Gasteiger partial charge in [-0.1, -0.05) is 42.4 Å². The van der Waals surface area contributed by atoms with Crippen LogP contribution >= 0.6 is 23.1 Å². The van der Waals surface area contributed by atoms with Crippen LogP contribution in [-0.4, -0.2) is 34.6 Å². The number of benzene rings is 1. The Hall–Kier alpha value is -2.39. The van der Waals surface area contributed by atoms with Crippen LogP contribution in [0.2, 0.25) is 0 Å². The molecule has 2 aliphatic heterocycles. The van der Waals surface area contributed by atoms with Gasteiger partial charge in [0.15, 0.2) is 0 Å². The number of carbonyl (C=O) groups is 3. The third-order valence-corrected chi connectivity index (χ3v) is 9.05. The van der Waals surface area contributed by atoms with E-state index in [2.05, 4.69) is 4.98 Å². The average Bonchev–Trinajstić information content (AvgIpc) is 3.27. The number of H-pyrrole nitrogens is 1. The summed E-state index contributed by atoms with van der Waals surface area (Å²) in [6.07, 6.45) is 4.68. The van der Waals surface area contributed by atoms with Gasteiger partial charge in [0.05, 0.1) is 28.8 Å². The lowest BCUT2D eigenvalue weighted by molar-refractivity contribution is -0.123. The van der Waals surface area contributed by atoms with Crippen molar-refractivity contribution in [3.8, 4) is 0 Å². The number of anilines is 1. The molecule has 0 unspecified atom stereocenters. The highest BCUT2D eigenvalue weighted by Crippen LogP contribution is 2.59. The molecule has 31 heavy (non-hydrogen) atoms. The molecule has 2 atom stereocenters. The van der Waals surface area contributed by atoms with Crippen molar-refractivity contribution in [2.75, 3.05) is 11.5 Å². The molecule has 1 aromatic heterocycles. The molecule has 1 aromatic carbocycles. The van der Waals surface area contributed by atoms with Gasteiger partial charge in [-0.2, -0.15) is 0 Å². The molecule has 9 heteroatoms. The first-order valence-corrected chi connectivity index (χ1v) is 12.2. The number of aromatic nitrogens is 1. The average molecular weight is 459 g/mol. The first-order chi connectivity index (χ1) is 15.0. The zero-order valence-electron chi connectivity index (χ0n) is 17.0. The molecule has 2 fully saturated rings. The van der Waals surface area contributed by atoms with E-state index in [-0.39, 0.29) is 23.3 Å². The highest BCUT2D eigenvalue weighted by molar-refractivity contribution is 8.00. The Labute approximate surface area is 187 Å². The molecule has 2 aromatic rings. The van der Waals surface area contributed by atoms with Gasteiger partial charge in [0, 0.05) is 10.3 Å². The molecule has 1 saturated heterocycles. The normalized spacial score (nSPS) is 24.2. The highest BCUT2D eigenvalue weighted by Gasteiger charge is 2.62. The van der Waals surface area contributed by atoms with E-state index in [0.29, 0.717) is 11.3 Å². The molecule has 1 saturated carbocycles. The predicted molar refractivity (Wildman–Crippen MR) is 118 cm³/mol. The lowest BCUT2D eigenvalue weighted by Crippen LogP contribution is -2.46. The second-order valence-electron chi connectivity index (χ2n) is 8.18. The maximum Gasteiger partial charge on any atom is 0.338 e. The van der Waals surface area contributed by atoms with Crippen molar-refractivity contribution in [2.24, 2.45) is 5.92 Å². The molecule has 3 heterocycles. The van der Waals surface area contributed by atoms with Crippen LogP contribution in [0.1, 0.15) is 54.3 Å². The second kappa shape index (κ2) is 7.63. The van der Waals surface area contributed by atoms with E-state index in [1.807, 2.05) is 0 Å². The van der Waals surface area contributed by atoms with Gasteiger partial charge in [-0.05, 0) is 44.0 Å². The van der Waals surface area contributed by atoms with Crippen LogP contribution in [-0.2, 0) is 19.7 Å². The fraction of sp³-hybridized carbons (Fsp3) is 0.455. The van der Waals surface area contributed by atoms with Crippen molar-refractivity contribution in [3.05, 3.63) is 44.4 Å². The summed E-state index contributed by atoms with van der Waals surface area (Å²) in [5, 5.41) is 0.201. The Morgan fingerprint density at radius 3 is 2.52 bits per heavy atom. The molecular weight excluding hydrogens is 436 g/mol. The van der Waals surface area contributed by atoms with Gasteiger partial charge in [0.1, 0.15) is 5.25 Å². The number of amides is 2. The monoisotopic (exact) mass is 458 g/mol. The van der Waals surface area contributed by atoms with Gasteiger partial charge in [-0.25, -0.2) is 9.69 Å².